The number of carboxylic acids is 1. The fourth-order valence-electron chi connectivity index (χ4n) is 0.793. The van der Waals surface area contributed by atoms with E-state index in [9.17, 15) is 4.79 Å². The lowest BCUT2D eigenvalue weighted by Gasteiger charge is -1.83. The summed E-state index contributed by atoms with van der Waals surface area (Å²) < 4.78 is 0. The van der Waals surface area contributed by atoms with Crippen molar-refractivity contribution in [2.24, 2.45) is 0 Å². The Labute approximate surface area is 79.6 Å². The molecular formula is C9H7NO2S. The first kappa shape index (κ1) is 9.49. The van der Waals surface area contributed by atoms with Crippen LogP contribution in [0, 0.1) is 11.3 Å². The Balaban J connectivity index is 2.60. The summed E-state index contributed by atoms with van der Waals surface area (Å²) in [6.45, 7) is 0. The van der Waals surface area contributed by atoms with E-state index in [0.717, 1.165) is 5.56 Å². The molecule has 0 fully saturated rings. The van der Waals surface area contributed by atoms with Crippen LogP contribution in [-0.2, 0) is 4.79 Å². The van der Waals surface area contributed by atoms with Crippen LogP contribution in [0.25, 0.3) is 6.08 Å². The fourth-order valence-corrected chi connectivity index (χ4v) is 1.46. The maximum absolute atomic E-state index is 10.1. The molecule has 0 aliphatic carbocycles. The zero-order chi connectivity index (χ0) is 9.68. The van der Waals surface area contributed by atoms with Crippen molar-refractivity contribution in [1.82, 2.24) is 0 Å². The summed E-state index contributed by atoms with van der Waals surface area (Å²) in [5.41, 5.74) is 0.878. The third kappa shape index (κ3) is 3.09. The minimum absolute atomic E-state index is 0.0116. The standard InChI is InChI=1S/C9H7NO2S/c10-5-8-4-7(6-13-8)2-1-3-9(11)12/h1-2,4,6H,3H2,(H,11,12). The van der Waals surface area contributed by atoms with Crippen LogP contribution in [0.2, 0.25) is 0 Å². The van der Waals surface area contributed by atoms with Crippen molar-refractivity contribution < 1.29 is 9.90 Å². The molecule has 1 N–H and O–H groups in total. The van der Waals surface area contributed by atoms with Gasteiger partial charge in [0.2, 0.25) is 0 Å². The summed E-state index contributed by atoms with van der Waals surface area (Å²) >= 11 is 1.35. The topological polar surface area (TPSA) is 61.1 Å². The molecule has 0 aliphatic rings. The molecule has 4 heteroatoms. The van der Waals surface area contributed by atoms with E-state index < -0.39 is 5.97 Å². The van der Waals surface area contributed by atoms with Crippen LogP contribution in [0.4, 0.5) is 0 Å². The molecule has 0 amide bonds. The number of nitrogens with zero attached hydrogens (tertiary/aromatic N) is 1. The molecule has 66 valence electrons. The Bertz CT molecular complexity index is 373. The van der Waals surface area contributed by atoms with E-state index in [0.29, 0.717) is 4.88 Å². The van der Waals surface area contributed by atoms with Crippen molar-refractivity contribution in [2.75, 3.05) is 0 Å². The highest BCUT2D eigenvalue weighted by molar-refractivity contribution is 7.10. The van der Waals surface area contributed by atoms with Gasteiger partial charge in [0.1, 0.15) is 10.9 Å². The van der Waals surface area contributed by atoms with Gasteiger partial charge in [0.15, 0.2) is 0 Å². The van der Waals surface area contributed by atoms with E-state index >= 15 is 0 Å². The van der Waals surface area contributed by atoms with Gasteiger partial charge in [-0.3, -0.25) is 4.79 Å². The second kappa shape index (κ2) is 4.43. The van der Waals surface area contributed by atoms with Gasteiger partial charge in [-0.25, -0.2) is 0 Å². The Morgan fingerprint density at radius 1 is 1.77 bits per heavy atom. The summed E-state index contributed by atoms with van der Waals surface area (Å²) in [6, 6.07) is 3.74. The van der Waals surface area contributed by atoms with Gasteiger partial charge in [0.25, 0.3) is 0 Å². The highest BCUT2D eigenvalue weighted by Crippen LogP contribution is 2.14. The van der Waals surface area contributed by atoms with Gasteiger partial charge in [-0.1, -0.05) is 12.2 Å². The highest BCUT2D eigenvalue weighted by Gasteiger charge is 1.95. The maximum atomic E-state index is 10.1. The molecule has 0 unspecified atom stereocenters. The Hall–Kier alpha value is -1.60. The molecule has 0 aliphatic heterocycles. The van der Waals surface area contributed by atoms with Crippen molar-refractivity contribution >= 4 is 23.4 Å². The van der Waals surface area contributed by atoms with Crippen LogP contribution in [0.3, 0.4) is 0 Å². The number of nitriles is 1. The molecule has 0 saturated carbocycles. The largest absolute Gasteiger partial charge is 0.481 e. The number of carbonyl (C=O) groups is 1. The zero-order valence-electron chi connectivity index (χ0n) is 6.73. The monoisotopic (exact) mass is 193 g/mol. The first-order chi connectivity index (χ1) is 6.22. The molecule has 1 rings (SSSR count). The second-order valence-electron chi connectivity index (χ2n) is 2.36. The van der Waals surface area contributed by atoms with Gasteiger partial charge in [0, 0.05) is 0 Å². The number of carboxylic acid groups (broad SMARTS) is 1. The van der Waals surface area contributed by atoms with Gasteiger partial charge in [0.05, 0.1) is 6.42 Å². The molecular weight excluding hydrogens is 186 g/mol. The predicted molar refractivity (Wildman–Crippen MR) is 50.3 cm³/mol. The lowest BCUT2D eigenvalue weighted by molar-refractivity contribution is -0.135. The zero-order valence-corrected chi connectivity index (χ0v) is 7.54. The molecule has 1 aromatic heterocycles. The smallest absolute Gasteiger partial charge is 0.307 e. The number of hydrogen-bond acceptors (Lipinski definition) is 3. The maximum Gasteiger partial charge on any atom is 0.307 e. The van der Waals surface area contributed by atoms with Crippen molar-refractivity contribution in [3.8, 4) is 6.07 Å². The minimum atomic E-state index is -0.855. The normalized spacial score (nSPS) is 10.1. The van der Waals surface area contributed by atoms with E-state index in [4.69, 9.17) is 10.4 Å². The van der Waals surface area contributed by atoms with Gasteiger partial charge >= 0.3 is 5.97 Å². The van der Waals surface area contributed by atoms with E-state index in [1.807, 2.05) is 11.4 Å². The lowest BCUT2D eigenvalue weighted by Crippen LogP contribution is -1.89. The van der Waals surface area contributed by atoms with Crippen LogP contribution in [0.1, 0.15) is 16.9 Å². The minimum Gasteiger partial charge on any atom is -0.481 e. The van der Waals surface area contributed by atoms with Gasteiger partial charge in [-0.15, -0.1) is 11.3 Å². The van der Waals surface area contributed by atoms with E-state index in [2.05, 4.69) is 0 Å². The Kier molecular flexibility index (Phi) is 3.23. The van der Waals surface area contributed by atoms with Crippen molar-refractivity contribution in [3.63, 3.8) is 0 Å². The van der Waals surface area contributed by atoms with Crippen LogP contribution in [-0.4, -0.2) is 11.1 Å². The molecule has 1 heterocycles. The third-order valence-corrected chi connectivity index (χ3v) is 2.19. The average molecular weight is 193 g/mol. The fraction of sp³-hybridized carbons (Fsp3) is 0.111. The second-order valence-corrected chi connectivity index (χ2v) is 3.27. The summed E-state index contributed by atoms with van der Waals surface area (Å²) in [7, 11) is 0. The van der Waals surface area contributed by atoms with Gasteiger partial charge < -0.3 is 5.11 Å². The first-order valence-corrected chi connectivity index (χ1v) is 4.47. The van der Waals surface area contributed by atoms with Crippen LogP contribution in [0.15, 0.2) is 17.5 Å². The molecule has 0 saturated heterocycles. The number of thiophene rings is 1. The van der Waals surface area contributed by atoms with Crippen molar-refractivity contribution in [2.45, 2.75) is 6.42 Å². The molecule has 0 spiro atoms. The quantitative estimate of drug-likeness (QED) is 0.799. The highest BCUT2D eigenvalue weighted by atomic mass is 32.1. The average Bonchev–Trinajstić information content (AvgIpc) is 2.52. The molecule has 3 nitrogen and oxygen atoms in total. The van der Waals surface area contributed by atoms with Gasteiger partial charge in [-0.2, -0.15) is 5.26 Å². The third-order valence-electron chi connectivity index (χ3n) is 1.33. The predicted octanol–water partition coefficient (Wildman–Crippen LogP) is 2.11. The Morgan fingerprint density at radius 2 is 2.54 bits per heavy atom. The molecule has 0 aromatic carbocycles. The number of hydrogen-bond donors (Lipinski definition) is 1. The first-order valence-electron chi connectivity index (χ1n) is 3.59. The number of rotatable bonds is 3. The molecule has 0 bridgehead atoms. The van der Waals surface area contributed by atoms with E-state index in [-0.39, 0.29) is 6.42 Å². The Morgan fingerprint density at radius 3 is 3.08 bits per heavy atom. The number of aliphatic carboxylic acids is 1. The molecule has 0 radical (unpaired) electrons. The van der Waals surface area contributed by atoms with Crippen LogP contribution in [0.5, 0.6) is 0 Å². The summed E-state index contributed by atoms with van der Waals surface area (Å²) in [5, 5.41) is 18.7. The summed E-state index contributed by atoms with van der Waals surface area (Å²) in [6.07, 6.45) is 3.27. The lowest BCUT2D eigenvalue weighted by atomic mass is 10.2. The van der Waals surface area contributed by atoms with Crippen LogP contribution < -0.4 is 0 Å². The molecule has 13 heavy (non-hydrogen) atoms. The molecule has 0 atom stereocenters. The van der Waals surface area contributed by atoms with Crippen molar-refractivity contribution in [3.05, 3.63) is 28.0 Å². The van der Waals surface area contributed by atoms with Gasteiger partial charge in [-0.05, 0) is 17.0 Å². The SMILES string of the molecule is N#Cc1cc(C=CCC(=O)O)cs1. The summed E-state index contributed by atoms with van der Waals surface area (Å²) in [4.78, 5) is 10.8. The van der Waals surface area contributed by atoms with E-state index in [1.54, 1.807) is 18.2 Å². The van der Waals surface area contributed by atoms with E-state index in [1.165, 1.54) is 11.3 Å². The summed E-state index contributed by atoms with van der Waals surface area (Å²) in [5.74, 6) is -0.855. The van der Waals surface area contributed by atoms with Crippen molar-refractivity contribution in [1.29, 1.82) is 5.26 Å². The van der Waals surface area contributed by atoms with Crippen LogP contribution >= 0.6 is 11.3 Å². The molecule has 1 aromatic rings.